The maximum atomic E-state index is 10.7. The Morgan fingerprint density at radius 2 is 2.26 bits per heavy atom. The van der Waals surface area contributed by atoms with Gasteiger partial charge in [-0.05, 0) is 12.1 Å². The first-order valence-electron chi connectivity index (χ1n) is 7.81. The van der Waals surface area contributed by atoms with Crippen molar-refractivity contribution >= 4 is 16.3 Å². The highest BCUT2D eigenvalue weighted by atomic mass is 32.1. The summed E-state index contributed by atoms with van der Waals surface area (Å²) in [7, 11) is 0. The van der Waals surface area contributed by atoms with Crippen molar-refractivity contribution in [2.24, 2.45) is 0 Å². The fourth-order valence-electron chi connectivity index (χ4n) is 3.02. The van der Waals surface area contributed by atoms with Crippen molar-refractivity contribution in [2.45, 2.75) is 19.4 Å². The third-order valence-corrected chi connectivity index (χ3v) is 5.28. The smallest absolute Gasteiger partial charge is 0.235 e. The lowest BCUT2D eigenvalue weighted by Crippen LogP contribution is -3.14. The molecule has 1 aliphatic rings. The van der Waals surface area contributed by atoms with Gasteiger partial charge in [0.25, 0.3) is 0 Å². The molecule has 3 aromatic rings. The van der Waals surface area contributed by atoms with Gasteiger partial charge in [-0.25, -0.2) is 4.98 Å². The van der Waals surface area contributed by atoms with E-state index < -0.39 is 0 Å². The first-order valence-corrected chi connectivity index (χ1v) is 8.62. The molecule has 0 aromatic carbocycles. The van der Waals surface area contributed by atoms with Crippen LogP contribution < -0.4 is 4.90 Å². The number of rotatable bonds is 4. The molecule has 0 spiro atoms. The fourth-order valence-corrected chi connectivity index (χ4v) is 4.16. The molecule has 7 nitrogen and oxygen atoms in total. The number of thiazole rings is 1. The lowest BCUT2D eigenvalue weighted by Gasteiger charge is -2.29. The third-order valence-electron chi connectivity index (χ3n) is 4.19. The molecule has 0 radical (unpaired) electrons. The van der Waals surface area contributed by atoms with Crippen molar-refractivity contribution in [3.63, 3.8) is 0 Å². The normalized spacial score (nSPS) is 17.8. The minimum Gasteiger partial charge on any atom is -0.492 e. The molecular formula is C15H19N4O3S+. The molecule has 0 bridgehead atoms. The summed E-state index contributed by atoms with van der Waals surface area (Å²) in [6.07, 6.45) is 2.42. The summed E-state index contributed by atoms with van der Waals surface area (Å²) in [6.45, 7) is 5.18. The minimum atomic E-state index is -0.0625. The molecule has 1 atom stereocenters. The fraction of sp³-hybridized carbons (Fsp3) is 0.467. The van der Waals surface area contributed by atoms with Crippen LogP contribution >= 0.6 is 11.3 Å². The number of nitrogens with one attached hydrogen (secondary N) is 1. The Balaban J connectivity index is 1.79. The molecule has 0 unspecified atom stereocenters. The number of aromatic nitrogens is 3. The number of hydrogen-bond acceptors (Lipinski definition) is 6. The van der Waals surface area contributed by atoms with Crippen LogP contribution in [0.15, 0.2) is 22.8 Å². The summed E-state index contributed by atoms with van der Waals surface area (Å²) in [5.41, 5.74) is 0. The average molecular weight is 335 g/mol. The number of hydrogen-bond donors (Lipinski definition) is 2. The van der Waals surface area contributed by atoms with Crippen molar-refractivity contribution in [1.82, 2.24) is 14.6 Å². The van der Waals surface area contributed by atoms with Crippen LogP contribution in [0.3, 0.4) is 0 Å². The average Bonchev–Trinajstić information content (AvgIpc) is 3.29. The highest BCUT2D eigenvalue weighted by molar-refractivity contribution is 7.17. The molecule has 1 saturated heterocycles. The zero-order valence-electron chi connectivity index (χ0n) is 12.9. The van der Waals surface area contributed by atoms with Gasteiger partial charge in [-0.3, -0.25) is 0 Å². The highest BCUT2D eigenvalue weighted by Gasteiger charge is 2.35. The highest BCUT2D eigenvalue weighted by Crippen LogP contribution is 2.35. The monoisotopic (exact) mass is 335 g/mol. The Hall–Kier alpha value is -1.90. The number of furan rings is 1. The van der Waals surface area contributed by atoms with Crippen LogP contribution in [-0.4, -0.2) is 46.0 Å². The Morgan fingerprint density at radius 1 is 1.43 bits per heavy atom. The molecule has 122 valence electrons. The molecular weight excluding hydrogens is 316 g/mol. The number of quaternary nitrogens is 1. The lowest BCUT2D eigenvalue weighted by atomic mass is 10.1. The summed E-state index contributed by atoms with van der Waals surface area (Å²) >= 11 is 1.48. The van der Waals surface area contributed by atoms with Gasteiger partial charge in [-0.15, -0.1) is 5.10 Å². The summed E-state index contributed by atoms with van der Waals surface area (Å²) in [5, 5.41) is 15.0. The summed E-state index contributed by atoms with van der Waals surface area (Å²) in [4.78, 5) is 7.35. The molecule has 0 amide bonds. The van der Waals surface area contributed by atoms with Gasteiger partial charge in [0.05, 0.1) is 19.5 Å². The predicted octanol–water partition coefficient (Wildman–Crippen LogP) is 0.656. The Kier molecular flexibility index (Phi) is 3.80. The quantitative estimate of drug-likeness (QED) is 0.732. The van der Waals surface area contributed by atoms with Gasteiger partial charge >= 0.3 is 0 Å². The van der Waals surface area contributed by atoms with Gasteiger partial charge in [-0.1, -0.05) is 18.3 Å². The van der Waals surface area contributed by atoms with E-state index in [0.717, 1.165) is 40.9 Å². The topological polar surface area (TPSA) is 77.2 Å². The SMILES string of the molecule is CCc1nc2sc([C@@H](c3ccco3)[NH+]3CCOCC3)c(O)n2n1. The van der Waals surface area contributed by atoms with E-state index >= 15 is 0 Å². The van der Waals surface area contributed by atoms with Crippen LogP contribution in [0.4, 0.5) is 0 Å². The molecule has 0 aliphatic carbocycles. The Morgan fingerprint density at radius 3 is 2.91 bits per heavy atom. The second kappa shape index (κ2) is 5.95. The van der Waals surface area contributed by atoms with Crippen molar-refractivity contribution < 1.29 is 19.2 Å². The zero-order chi connectivity index (χ0) is 15.8. The van der Waals surface area contributed by atoms with Gasteiger partial charge in [0.2, 0.25) is 10.8 Å². The van der Waals surface area contributed by atoms with E-state index in [9.17, 15) is 5.11 Å². The van der Waals surface area contributed by atoms with Gasteiger partial charge in [0, 0.05) is 6.42 Å². The van der Waals surface area contributed by atoms with E-state index in [2.05, 4.69) is 10.1 Å². The van der Waals surface area contributed by atoms with Crippen molar-refractivity contribution in [2.75, 3.05) is 26.3 Å². The van der Waals surface area contributed by atoms with Gasteiger partial charge in [0.15, 0.2) is 17.6 Å². The maximum absolute atomic E-state index is 10.7. The van der Waals surface area contributed by atoms with Crippen LogP contribution in [0.25, 0.3) is 4.96 Å². The molecule has 1 fully saturated rings. The van der Waals surface area contributed by atoms with E-state index in [1.54, 1.807) is 6.26 Å². The number of morpholine rings is 1. The van der Waals surface area contributed by atoms with Gasteiger partial charge in [0.1, 0.15) is 18.0 Å². The largest absolute Gasteiger partial charge is 0.492 e. The van der Waals surface area contributed by atoms with E-state index in [1.165, 1.54) is 20.8 Å². The van der Waals surface area contributed by atoms with Crippen LogP contribution in [0, 0.1) is 0 Å². The van der Waals surface area contributed by atoms with Crippen LogP contribution in [0.5, 0.6) is 5.88 Å². The second-order valence-corrected chi connectivity index (χ2v) is 6.59. The van der Waals surface area contributed by atoms with E-state index in [-0.39, 0.29) is 11.9 Å². The molecule has 3 aromatic heterocycles. The second-order valence-electron chi connectivity index (χ2n) is 5.58. The summed E-state index contributed by atoms with van der Waals surface area (Å²) < 4.78 is 12.7. The van der Waals surface area contributed by atoms with E-state index in [1.807, 2.05) is 19.1 Å². The van der Waals surface area contributed by atoms with Crippen LogP contribution in [0.2, 0.25) is 0 Å². The number of nitrogens with zero attached hydrogens (tertiary/aromatic N) is 3. The third kappa shape index (κ3) is 2.52. The number of ether oxygens (including phenoxy) is 1. The molecule has 2 N–H and O–H groups in total. The van der Waals surface area contributed by atoms with E-state index in [4.69, 9.17) is 9.15 Å². The minimum absolute atomic E-state index is 0.0625. The molecule has 4 heterocycles. The van der Waals surface area contributed by atoms with Gasteiger partial charge < -0.3 is 19.2 Å². The number of fused-ring (bicyclic) bond motifs is 1. The predicted molar refractivity (Wildman–Crippen MR) is 84.0 cm³/mol. The summed E-state index contributed by atoms with van der Waals surface area (Å²) in [6, 6.07) is 3.78. The maximum Gasteiger partial charge on any atom is 0.235 e. The Bertz CT molecular complexity index is 789. The lowest BCUT2D eigenvalue weighted by molar-refractivity contribution is -0.933. The molecule has 1 aliphatic heterocycles. The standard InChI is InChI=1S/C15H18N4O3S/c1-2-11-16-15-19(17-11)14(20)13(23-15)12(10-4-3-7-22-10)18-5-8-21-9-6-18/h3-4,7,12,20H,2,5-6,8-9H2,1H3/p+1/t12-/m1/s1. The number of aromatic hydroxyl groups is 1. The van der Waals surface area contributed by atoms with Crippen LogP contribution in [-0.2, 0) is 11.2 Å². The first kappa shape index (κ1) is 14.7. The van der Waals surface area contributed by atoms with Crippen molar-refractivity contribution in [3.05, 3.63) is 34.9 Å². The molecule has 0 saturated carbocycles. The zero-order valence-corrected chi connectivity index (χ0v) is 13.7. The summed E-state index contributed by atoms with van der Waals surface area (Å²) in [5.74, 6) is 1.75. The molecule has 4 rings (SSSR count). The van der Waals surface area contributed by atoms with Crippen LogP contribution in [0.1, 0.15) is 29.4 Å². The van der Waals surface area contributed by atoms with Crippen molar-refractivity contribution in [3.8, 4) is 5.88 Å². The van der Waals surface area contributed by atoms with Gasteiger partial charge in [-0.2, -0.15) is 4.52 Å². The Labute approximate surface area is 137 Å². The number of aryl methyl sites for hydroxylation is 1. The molecule has 8 heteroatoms. The van der Waals surface area contributed by atoms with Crippen molar-refractivity contribution in [1.29, 1.82) is 0 Å². The first-order chi connectivity index (χ1) is 11.3. The molecule has 23 heavy (non-hydrogen) atoms. The van der Waals surface area contributed by atoms with E-state index in [0.29, 0.717) is 13.2 Å².